The first-order valence-corrected chi connectivity index (χ1v) is 81.1. The molecule has 2 unspecified atom stereocenters. The normalized spacial score (nSPS) is 19.1. The van der Waals surface area contributed by atoms with Crippen molar-refractivity contribution in [3.05, 3.63) is 57.6 Å². The predicted molar refractivity (Wildman–Crippen MR) is 394 cm³/mol. The molecular weight excluding hydrogens is 1180 g/mol. The van der Waals surface area contributed by atoms with E-state index in [9.17, 15) is 22.2 Å². The summed E-state index contributed by atoms with van der Waals surface area (Å²) in [5, 5.41) is 7.59. The second-order valence-electron chi connectivity index (χ2n) is 37.3. The summed E-state index contributed by atoms with van der Waals surface area (Å²) < 4.78 is 0. The Morgan fingerprint density at radius 2 is 0.432 bits per heavy atom. The fourth-order valence-corrected chi connectivity index (χ4v) is 119. The summed E-state index contributed by atoms with van der Waals surface area (Å²) in [5.41, 5.74) is 10.7. The van der Waals surface area contributed by atoms with Crippen molar-refractivity contribution in [2.45, 2.75) is 273 Å². The summed E-state index contributed by atoms with van der Waals surface area (Å²) in [6.07, 6.45) is 3.72. The number of rotatable bonds is 20. The van der Waals surface area contributed by atoms with Crippen LogP contribution in [0.5, 0.6) is 0 Å². The van der Waals surface area contributed by atoms with E-state index in [1.807, 2.05) is 32.9 Å². The van der Waals surface area contributed by atoms with Gasteiger partial charge in [0.15, 0.2) is 0 Å². The van der Waals surface area contributed by atoms with E-state index in [0.717, 1.165) is 0 Å². The molecule has 0 aliphatic carbocycles. The lowest BCUT2D eigenvalue weighted by Gasteiger charge is -2.51. The quantitative estimate of drug-likeness (QED) is 0.0704. The van der Waals surface area contributed by atoms with Gasteiger partial charge < -0.3 is 0 Å². The lowest BCUT2D eigenvalue weighted by molar-refractivity contribution is 1.08. The molecule has 0 spiro atoms. The first-order valence-electron chi connectivity index (χ1n) is 29.4. The monoisotopic (exact) mass is 1300 g/mol. The molecule has 0 aromatic heterocycles. The maximum absolute atomic E-state index is 9.27. The summed E-state index contributed by atoms with van der Waals surface area (Å²) in [7, 11) is -22.5. The summed E-state index contributed by atoms with van der Waals surface area (Å²) in [4.78, 5) is 0. The van der Waals surface area contributed by atoms with Crippen LogP contribution in [0.25, 0.3) is 0 Å². The molecule has 3 rings (SSSR count). The van der Waals surface area contributed by atoms with E-state index in [4.69, 9.17) is 0 Å². The van der Waals surface area contributed by atoms with Gasteiger partial charge in [0.25, 0.3) is 0 Å². The molecule has 74 heavy (non-hydrogen) atoms. The predicted octanol–water partition coefficient (Wildman–Crippen LogP) is 21.9. The van der Waals surface area contributed by atoms with E-state index in [1.165, 1.54) is 18.7 Å². The van der Waals surface area contributed by atoms with Gasteiger partial charge >= 0.3 is 6.03 Å². The van der Waals surface area contributed by atoms with E-state index < -0.39 is 118 Å². The van der Waals surface area contributed by atoms with Crippen LogP contribution in [0.15, 0.2) is 24.3 Å². The first kappa shape index (κ1) is 71.0. The Morgan fingerprint density at radius 3 is 0.568 bits per heavy atom. The van der Waals surface area contributed by atoms with Crippen LogP contribution in [0, 0.1) is 0 Å². The van der Waals surface area contributed by atoms with Gasteiger partial charge in [-0.2, -0.15) is 0 Å². The Hall–Kier alpha value is 2.70. The fourth-order valence-electron chi connectivity index (χ4n) is 18.1. The molecule has 0 radical (unpaired) electrons. The van der Waals surface area contributed by atoms with Gasteiger partial charge in [-0.1, -0.05) is 275 Å². The van der Waals surface area contributed by atoms with Crippen molar-refractivity contribution in [1.82, 2.24) is 0 Å². The molecule has 0 saturated carbocycles. The average Bonchev–Trinajstić information content (AvgIpc) is 3.01. The molecule has 2 atom stereocenters. The molecule has 428 valence electrons. The van der Waals surface area contributed by atoms with Crippen molar-refractivity contribution in [2.24, 2.45) is 0 Å². The third kappa shape index (κ3) is 16.5. The number of halogens is 2. The second-order valence-corrected chi connectivity index (χ2v) is 124. The Balaban J connectivity index is 3.03. The summed E-state index contributed by atoms with van der Waals surface area (Å²) >= 11 is 18.5. The van der Waals surface area contributed by atoms with Crippen LogP contribution in [0.1, 0.15) is 70.8 Å². The zero-order chi connectivity index (χ0) is 58.7. The number of hydrogen-bond donors (Lipinski definition) is 0. The molecule has 0 amide bonds. The van der Waals surface area contributed by atoms with Gasteiger partial charge in [0, 0.05) is 96.9 Å². The van der Waals surface area contributed by atoms with Crippen LogP contribution in [0.4, 0.5) is 0 Å². The maximum Gasteiger partial charge on any atom is 0.306 e. The highest BCUT2D eigenvalue weighted by Gasteiger charge is 2.57. The Labute approximate surface area is 489 Å². The minimum atomic E-state index is -3.12. The zero-order valence-electron chi connectivity index (χ0n) is 56.0. The van der Waals surface area contributed by atoms with Crippen molar-refractivity contribution in [3.8, 4) is 0 Å². The van der Waals surface area contributed by atoms with Crippen LogP contribution < -0.4 is 10.6 Å². The van der Waals surface area contributed by atoms with Crippen LogP contribution in [-0.2, 0) is 0 Å². The highest BCUT2D eigenvalue weighted by atomic mass is 35.7. The third-order valence-corrected chi connectivity index (χ3v) is 95.6. The Morgan fingerprint density at radius 1 is 0.284 bits per heavy atom. The SMILES string of the molecule is C[Si](C)(C)C(c1cc(C([Si](C)(C)C)[Si](C)(C)C)c(P2CCCP(c3c(C([Si](C)(C)C)[Si](C)(C)C)cc(C([Si](C)(C)C)[Si](C)(C)C)cc3C([Si](C)(C)C)[Si](C)(C)C)[Si]2(Cl)Cl)c(C([Si](C)(C)C)[Si](C)(C)C)c1)[Si](C)(C)C. The molecular formula is C57H124Cl2P2Si13. The fraction of sp³-hybridized carbons (Fsp3) is 0.789. The summed E-state index contributed by atoms with van der Waals surface area (Å²) in [5.74, 6) is 0. The van der Waals surface area contributed by atoms with Crippen LogP contribution >= 0.6 is 37.1 Å². The van der Waals surface area contributed by atoms with E-state index in [-0.39, 0.29) is 0 Å². The van der Waals surface area contributed by atoms with Gasteiger partial charge in [-0.15, -0.1) is 22.2 Å². The van der Waals surface area contributed by atoms with Crippen molar-refractivity contribution < 1.29 is 0 Å². The van der Waals surface area contributed by atoms with Crippen molar-refractivity contribution in [1.29, 1.82) is 0 Å². The standard InChI is InChI=1S/C57H124Cl2P2Si13/c1-62(2,3)52(63(4,5)6)44-40-46(54(66(13,14)15)67(16,17)18)50(47(41-44)55(68(19,20)21)69(22,23)24)60-38-37-39-61(74(60,58)59)51-48(56(70(25,26)27)71(28,29)30)42-45(53(64(7,8)9)65(10,11)12)43-49(51)57(72(31,32)33)73(34,35)36/h40-43,52-57H,37-39H2,1-36H3. The van der Waals surface area contributed by atoms with Crippen LogP contribution in [-0.4, -0.2) is 115 Å². The van der Waals surface area contributed by atoms with E-state index in [0.29, 0.717) is 31.0 Å². The highest BCUT2D eigenvalue weighted by Crippen LogP contribution is 2.72. The zero-order valence-corrected chi connectivity index (χ0v) is 72.3. The molecule has 2 aromatic carbocycles. The molecule has 1 aliphatic heterocycles. The Bertz CT molecular complexity index is 1920. The van der Waals surface area contributed by atoms with E-state index in [1.54, 1.807) is 11.1 Å². The minimum Gasteiger partial charge on any atom is -0.133 e. The number of benzene rings is 2. The van der Waals surface area contributed by atoms with Gasteiger partial charge in [-0.3, -0.25) is 0 Å². The lowest BCUT2D eigenvalue weighted by Crippen LogP contribution is -2.54. The van der Waals surface area contributed by atoms with Gasteiger partial charge in [0.2, 0.25) is 0 Å². The topological polar surface area (TPSA) is 0 Å². The first-order chi connectivity index (χ1) is 32.1. The largest absolute Gasteiger partial charge is 0.306 e. The van der Waals surface area contributed by atoms with Gasteiger partial charge in [-0.25, -0.2) is 0 Å². The van der Waals surface area contributed by atoms with Gasteiger partial charge in [0.1, 0.15) is 0 Å². The highest BCUT2D eigenvalue weighted by molar-refractivity contribution is 8.42. The van der Waals surface area contributed by atoms with Crippen molar-refractivity contribution >= 4 is 151 Å². The number of hydrogen-bond acceptors (Lipinski definition) is 0. The summed E-state index contributed by atoms with van der Waals surface area (Å²) in [6, 6.07) is 8.78. The lowest BCUT2D eigenvalue weighted by atomic mass is 10.1. The van der Waals surface area contributed by atoms with Crippen molar-refractivity contribution in [2.75, 3.05) is 12.3 Å². The maximum atomic E-state index is 9.27. The van der Waals surface area contributed by atoms with Crippen LogP contribution in [0.2, 0.25) is 236 Å². The molecule has 1 saturated heterocycles. The Kier molecular flexibility index (Phi) is 22.0. The van der Waals surface area contributed by atoms with Gasteiger partial charge in [-0.05, 0) is 93.7 Å². The molecule has 17 heteroatoms. The molecule has 0 bridgehead atoms. The van der Waals surface area contributed by atoms with Crippen LogP contribution in [0.3, 0.4) is 0 Å². The third-order valence-electron chi connectivity index (χ3n) is 16.6. The molecule has 1 aliphatic rings. The van der Waals surface area contributed by atoms with E-state index >= 15 is 0 Å². The molecule has 1 fully saturated rings. The average molecular weight is 1310 g/mol. The molecule has 0 N–H and O–H groups in total. The second kappa shape index (κ2) is 22.9. The van der Waals surface area contributed by atoms with Crippen molar-refractivity contribution in [3.63, 3.8) is 0 Å². The smallest absolute Gasteiger partial charge is 0.133 e. The molecule has 0 nitrogen and oxygen atoms in total. The van der Waals surface area contributed by atoms with Gasteiger partial charge in [0.05, 0.1) is 0 Å². The molecule has 1 heterocycles. The van der Waals surface area contributed by atoms with E-state index in [2.05, 4.69) is 260 Å². The minimum absolute atomic E-state index is 0.641. The molecule has 2 aromatic rings. The summed E-state index contributed by atoms with van der Waals surface area (Å²) in [6.45, 7) is 98.4.